The van der Waals surface area contributed by atoms with E-state index in [1.165, 1.54) is 0 Å². The lowest BCUT2D eigenvalue weighted by Crippen LogP contribution is -2.46. The van der Waals surface area contributed by atoms with Gasteiger partial charge in [0.1, 0.15) is 0 Å². The molecule has 0 bridgehead atoms. The second-order valence-corrected chi connectivity index (χ2v) is 7.29. The molecule has 1 heterocycles. The summed E-state index contributed by atoms with van der Waals surface area (Å²) in [5.74, 6) is -0.0289. The lowest BCUT2D eigenvalue weighted by molar-refractivity contribution is -0.121. The van der Waals surface area contributed by atoms with Gasteiger partial charge in [-0.15, -0.1) is 0 Å². The van der Waals surface area contributed by atoms with E-state index in [4.69, 9.17) is 5.26 Å². The summed E-state index contributed by atoms with van der Waals surface area (Å²) in [6.07, 6.45) is 2.15. The van der Waals surface area contributed by atoms with E-state index in [1.807, 2.05) is 30.3 Å². The first-order chi connectivity index (χ1) is 14.1. The van der Waals surface area contributed by atoms with Crippen LogP contribution < -0.4 is 10.6 Å². The minimum atomic E-state index is -0.0458. The largest absolute Gasteiger partial charge is 0.353 e. The maximum absolute atomic E-state index is 12.3. The third kappa shape index (κ3) is 6.44. The van der Waals surface area contributed by atoms with Crippen molar-refractivity contribution in [3.8, 4) is 6.07 Å². The van der Waals surface area contributed by atoms with Crippen molar-refractivity contribution in [3.05, 3.63) is 71.3 Å². The van der Waals surface area contributed by atoms with E-state index < -0.39 is 0 Å². The number of hydrogen-bond donors (Lipinski definition) is 2. The fraction of sp³-hybridized carbons (Fsp3) is 0.348. The van der Waals surface area contributed by atoms with Crippen molar-refractivity contribution in [1.82, 2.24) is 15.5 Å². The highest BCUT2D eigenvalue weighted by Crippen LogP contribution is 2.11. The fourth-order valence-electron chi connectivity index (χ4n) is 3.48. The number of amides is 2. The quantitative estimate of drug-likeness (QED) is 0.758. The summed E-state index contributed by atoms with van der Waals surface area (Å²) in [6, 6.07) is 18.6. The first-order valence-corrected chi connectivity index (χ1v) is 9.98. The van der Waals surface area contributed by atoms with Crippen LogP contribution in [0.15, 0.2) is 54.6 Å². The molecular weight excluding hydrogens is 364 g/mol. The minimum absolute atomic E-state index is 0.0169. The van der Waals surface area contributed by atoms with Gasteiger partial charge in [-0.3, -0.25) is 9.59 Å². The van der Waals surface area contributed by atoms with Crippen LogP contribution in [0.5, 0.6) is 0 Å². The normalized spacial score (nSPS) is 14.7. The van der Waals surface area contributed by atoms with E-state index in [-0.39, 0.29) is 17.9 Å². The molecule has 0 saturated carbocycles. The van der Waals surface area contributed by atoms with Gasteiger partial charge in [-0.1, -0.05) is 30.3 Å². The Kier molecular flexibility index (Phi) is 7.37. The molecule has 0 unspecified atom stereocenters. The summed E-state index contributed by atoms with van der Waals surface area (Å²) >= 11 is 0. The summed E-state index contributed by atoms with van der Waals surface area (Å²) in [4.78, 5) is 26.6. The Bertz CT molecular complexity index is 851. The SMILES string of the molecule is N#Cc1ccc(CC(=O)NC2CCN(CCNC(=O)c3ccccc3)CC2)cc1. The number of benzene rings is 2. The van der Waals surface area contributed by atoms with E-state index >= 15 is 0 Å². The molecule has 2 N–H and O–H groups in total. The molecule has 0 aromatic heterocycles. The molecule has 1 aliphatic heterocycles. The molecule has 2 amide bonds. The first-order valence-electron chi connectivity index (χ1n) is 9.98. The van der Waals surface area contributed by atoms with Crippen LogP contribution >= 0.6 is 0 Å². The van der Waals surface area contributed by atoms with Gasteiger partial charge < -0.3 is 15.5 Å². The third-order valence-corrected chi connectivity index (χ3v) is 5.15. The summed E-state index contributed by atoms with van der Waals surface area (Å²) in [7, 11) is 0. The number of nitrogens with zero attached hydrogens (tertiary/aromatic N) is 2. The number of nitriles is 1. The van der Waals surface area contributed by atoms with E-state index in [1.54, 1.807) is 24.3 Å². The lowest BCUT2D eigenvalue weighted by Gasteiger charge is -2.32. The highest BCUT2D eigenvalue weighted by atomic mass is 16.2. The predicted molar refractivity (Wildman–Crippen MR) is 111 cm³/mol. The summed E-state index contributed by atoms with van der Waals surface area (Å²) in [5, 5.41) is 14.9. The summed E-state index contributed by atoms with van der Waals surface area (Å²) < 4.78 is 0. The summed E-state index contributed by atoms with van der Waals surface area (Å²) in [5.41, 5.74) is 2.19. The van der Waals surface area contributed by atoms with Gasteiger partial charge in [0.05, 0.1) is 18.1 Å². The minimum Gasteiger partial charge on any atom is -0.353 e. The number of hydrogen-bond acceptors (Lipinski definition) is 4. The van der Waals surface area contributed by atoms with Crippen LogP contribution in [0.3, 0.4) is 0 Å². The van der Waals surface area contributed by atoms with Crippen LogP contribution in [0.2, 0.25) is 0 Å². The first kappa shape index (κ1) is 20.6. The van der Waals surface area contributed by atoms with Gasteiger partial charge in [0.2, 0.25) is 5.91 Å². The van der Waals surface area contributed by atoms with Gasteiger partial charge in [-0.05, 0) is 42.7 Å². The standard InChI is InChI=1S/C23H26N4O2/c24-17-19-8-6-18(7-9-19)16-22(28)26-21-10-13-27(14-11-21)15-12-25-23(29)20-4-2-1-3-5-20/h1-9,21H,10-16H2,(H,25,29)(H,26,28). The van der Waals surface area contributed by atoms with Crippen molar-refractivity contribution in [2.24, 2.45) is 0 Å². The zero-order valence-corrected chi connectivity index (χ0v) is 16.4. The predicted octanol–water partition coefficient (Wildman–Crippen LogP) is 2.11. The number of nitrogens with one attached hydrogen (secondary N) is 2. The van der Waals surface area contributed by atoms with E-state index in [0.29, 0.717) is 24.1 Å². The number of rotatable bonds is 7. The molecule has 1 saturated heterocycles. The second-order valence-electron chi connectivity index (χ2n) is 7.29. The Morgan fingerprint density at radius 2 is 1.72 bits per heavy atom. The van der Waals surface area contributed by atoms with Crippen molar-refractivity contribution >= 4 is 11.8 Å². The Balaban J connectivity index is 1.33. The third-order valence-electron chi connectivity index (χ3n) is 5.15. The molecule has 1 fully saturated rings. The molecule has 2 aromatic rings. The molecule has 6 nitrogen and oxygen atoms in total. The Morgan fingerprint density at radius 3 is 2.38 bits per heavy atom. The van der Waals surface area contributed by atoms with E-state index in [0.717, 1.165) is 38.0 Å². The van der Waals surface area contributed by atoms with Crippen molar-refractivity contribution < 1.29 is 9.59 Å². The van der Waals surface area contributed by atoms with Crippen molar-refractivity contribution in [1.29, 1.82) is 5.26 Å². The highest BCUT2D eigenvalue weighted by Gasteiger charge is 2.20. The van der Waals surface area contributed by atoms with Gasteiger partial charge in [0.25, 0.3) is 5.91 Å². The molecule has 29 heavy (non-hydrogen) atoms. The van der Waals surface area contributed by atoms with Crippen LogP contribution in [-0.4, -0.2) is 48.9 Å². The van der Waals surface area contributed by atoms with Crippen LogP contribution in [0, 0.1) is 11.3 Å². The molecule has 3 rings (SSSR count). The van der Waals surface area contributed by atoms with Crippen molar-refractivity contribution in [2.75, 3.05) is 26.2 Å². The second kappa shape index (κ2) is 10.4. The van der Waals surface area contributed by atoms with Crippen LogP contribution in [0.4, 0.5) is 0 Å². The van der Waals surface area contributed by atoms with Crippen LogP contribution in [0.1, 0.15) is 34.3 Å². The number of piperidine rings is 1. The molecular formula is C23H26N4O2. The number of likely N-dealkylation sites (tertiary alicyclic amines) is 1. The van der Waals surface area contributed by atoms with Gasteiger partial charge >= 0.3 is 0 Å². The maximum Gasteiger partial charge on any atom is 0.251 e. The van der Waals surface area contributed by atoms with Crippen molar-refractivity contribution in [2.45, 2.75) is 25.3 Å². The number of carbonyl (C=O) groups is 2. The smallest absolute Gasteiger partial charge is 0.251 e. The Labute approximate surface area is 171 Å². The topological polar surface area (TPSA) is 85.2 Å². The molecule has 0 atom stereocenters. The average molecular weight is 390 g/mol. The highest BCUT2D eigenvalue weighted by molar-refractivity contribution is 5.94. The zero-order chi connectivity index (χ0) is 20.5. The fourth-order valence-corrected chi connectivity index (χ4v) is 3.48. The molecule has 150 valence electrons. The molecule has 0 spiro atoms. The molecule has 2 aromatic carbocycles. The molecule has 6 heteroatoms. The van der Waals surface area contributed by atoms with Gasteiger partial charge in [0, 0.05) is 37.8 Å². The average Bonchev–Trinajstić information content (AvgIpc) is 2.76. The van der Waals surface area contributed by atoms with E-state index in [2.05, 4.69) is 21.6 Å². The van der Waals surface area contributed by atoms with Gasteiger partial charge in [0.15, 0.2) is 0 Å². The molecule has 0 radical (unpaired) electrons. The van der Waals surface area contributed by atoms with Crippen LogP contribution in [-0.2, 0) is 11.2 Å². The van der Waals surface area contributed by atoms with Gasteiger partial charge in [-0.2, -0.15) is 5.26 Å². The Hall–Kier alpha value is -3.17. The molecule has 0 aliphatic carbocycles. The molecule has 1 aliphatic rings. The number of carbonyl (C=O) groups excluding carboxylic acids is 2. The van der Waals surface area contributed by atoms with E-state index in [9.17, 15) is 9.59 Å². The Morgan fingerprint density at radius 1 is 1.03 bits per heavy atom. The monoisotopic (exact) mass is 390 g/mol. The van der Waals surface area contributed by atoms with Crippen molar-refractivity contribution in [3.63, 3.8) is 0 Å². The lowest BCUT2D eigenvalue weighted by atomic mass is 10.0. The van der Waals surface area contributed by atoms with Crippen LogP contribution in [0.25, 0.3) is 0 Å². The maximum atomic E-state index is 12.3. The van der Waals surface area contributed by atoms with Gasteiger partial charge in [-0.25, -0.2) is 0 Å². The summed E-state index contributed by atoms with van der Waals surface area (Å²) in [6.45, 7) is 3.24. The zero-order valence-electron chi connectivity index (χ0n) is 16.4.